The highest BCUT2D eigenvalue weighted by molar-refractivity contribution is 5.74. The van der Waals surface area contributed by atoms with Crippen molar-refractivity contribution < 1.29 is 14.4 Å². The van der Waals surface area contributed by atoms with Crippen LogP contribution >= 0.6 is 0 Å². The van der Waals surface area contributed by atoms with Crippen molar-refractivity contribution >= 4 is 12.7 Å². The molecule has 1 aromatic rings. The number of carbonyl (C=O) groups excluding carboxylic acids is 1. The SMILES string of the molecule is C=NOC(Cc1ccccc1)C(=O)OC. The Bertz CT molecular complexity index is 324. The third-order valence-corrected chi connectivity index (χ3v) is 1.93. The summed E-state index contributed by atoms with van der Waals surface area (Å²) in [5.41, 5.74) is 0.983. The number of rotatable bonds is 5. The zero-order valence-electron chi connectivity index (χ0n) is 8.55. The van der Waals surface area contributed by atoms with E-state index in [4.69, 9.17) is 4.84 Å². The van der Waals surface area contributed by atoms with Gasteiger partial charge in [0.1, 0.15) is 0 Å². The topological polar surface area (TPSA) is 47.9 Å². The Balaban J connectivity index is 2.66. The molecule has 0 radical (unpaired) electrons. The molecule has 1 aromatic carbocycles. The number of esters is 1. The van der Waals surface area contributed by atoms with Crippen molar-refractivity contribution in [2.24, 2.45) is 5.16 Å². The fourth-order valence-electron chi connectivity index (χ4n) is 1.21. The molecule has 0 fully saturated rings. The van der Waals surface area contributed by atoms with Gasteiger partial charge in [-0.2, -0.15) is 0 Å². The zero-order valence-corrected chi connectivity index (χ0v) is 8.55. The van der Waals surface area contributed by atoms with Gasteiger partial charge in [0.15, 0.2) is 0 Å². The molecule has 0 heterocycles. The molecule has 0 bridgehead atoms. The van der Waals surface area contributed by atoms with Crippen molar-refractivity contribution in [2.45, 2.75) is 12.5 Å². The lowest BCUT2D eigenvalue weighted by molar-refractivity contribution is -0.153. The van der Waals surface area contributed by atoms with E-state index in [-0.39, 0.29) is 0 Å². The number of carbonyl (C=O) groups is 1. The molecule has 0 N–H and O–H groups in total. The molecule has 0 saturated heterocycles. The van der Waals surface area contributed by atoms with E-state index in [1.807, 2.05) is 30.3 Å². The van der Waals surface area contributed by atoms with Gasteiger partial charge in [-0.15, -0.1) is 5.16 Å². The quantitative estimate of drug-likeness (QED) is 0.416. The van der Waals surface area contributed by atoms with Crippen molar-refractivity contribution in [3.8, 4) is 0 Å². The van der Waals surface area contributed by atoms with Gasteiger partial charge in [-0.3, -0.25) is 0 Å². The molecule has 4 heteroatoms. The lowest BCUT2D eigenvalue weighted by atomic mass is 10.1. The summed E-state index contributed by atoms with van der Waals surface area (Å²) in [6.07, 6.45) is -0.304. The second-order valence-corrected chi connectivity index (χ2v) is 2.94. The number of ether oxygens (including phenoxy) is 1. The van der Waals surface area contributed by atoms with Gasteiger partial charge >= 0.3 is 5.97 Å². The summed E-state index contributed by atoms with van der Waals surface area (Å²) in [7, 11) is 1.31. The first-order valence-electron chi connectivity index (χ1n) is 4.51. The molecular formula is C11H13NO3. The highest BCUT2D eigenvalue weighted by Crippen LogP contribution is 2.07. The average molecular weight is 207 g/mol. The first-order valence-corrected chi connectivity index (χ1v) is 4.51. The van der Waals surface area contributed by atoms with Crippen LogP contribution in [0.5, 0.6) is 0 Å². The van der Waals surface area contributed by atoms with Gasteiger partial charge in [-0.25, -0.2) is 4.79 Å². The van der Waals surface area contributed by atoms with E-state index >= 15 is 0 Å². The van der Waals surface area contributed by atoms with Crippen LogP contribution in [0, 0.1) is 0 Å². The lowest BCUT2D eigenvalue weighted by Gasteiger charge is -2.11. The Morgan fingerprint density at radius 3 is 2.67 bits per heavy atom. The predicted octanol–water partition coefficient (Wildman–Crippen LogP) is 1.40. The van der Waals surface area contributed by atoms with Crippen LogP contribution in [0.25, 0.3) is 0 Å². The van der Waals surface area contributed by atoms with Crippen molar-refractivity contribution in [3.63, 3.8) is 0 Å². The van der Waals surface area contributed by atoms with Crippen LogP contribution in [-0.4, -0.2) is 25.9 Å². The molecule has 80 valence electrons. The third kappa shape index (κ3) is 3.42. The van der Waals surface area contributed by atoms with Gasteiger partial charge in [0.25, 0.3) is 0 Å². The fourth-order valence-corrected chi connectivity index (χ4v) is 1.21. The molecular weight excluding hydrogens is 194 g/mol. The molecule has 0 aromatic heterocycles. The molecule has 0 aliphatic heterocycles. The summed E-state index contributed by atoms with van der Waals surface area (Å²) in [4.78, 5) is 16.1. The Kier molecular flexibility index (Phi) is 4.34. The second kappa shape index (κ2) is 5.80. The van der Waals surface area contributed by atoms with E-state index in [9.17, 15) is 4.79 Å². The van der Waals surface area contributed by atoms with E-state index in [2.05, 4.69) is 16.6 Å². The Morgan fingerprint density at radius 2 is 2.13 bits per heavy atom. The van der Waals surface area contributed by atoms with Gasteiger partial charge in [-0.1, -0.05) is 30.3 Å². The van der Waals surface area contributed by atoms with Gasteiger partial charge in [0, 0.05) is 13.1 Å². The second-order valence-electron chi connectivity index (χ2n) is 2.94. The number of hydrogen-bond donors (Lipinski definition) is 0. The number of methoxy groups -OCH3 is 1. The molecule has 0 amide bonds. The smallest absolute Gasteiger partial charge is 0.350 e. The summed E-state index contributed by atoms with van der Waals surface area (Å²) < 4.78 is 4.59. The normalized spacial score (nSPS) is 11.5. The molecule has 1 atom stereocenters. The number of oxime groups is 1. The Labute approximate surface area is 88.5 Å². The maximum absolute atomic E-state index is 11.3. The highest BCUT2D eigenvalue weighted by Gasteiger charge is 2.21. The van der Waals surface area contributed by atoms with Crippen LogP contribution in [0.15, 0.2) is 35.5 Å². The molecule has 0 aliphatic carbocycles. The first-order chi connectivity index (χ1) is 7.27. The number of hydrogen-bond acceptors (Lipinski definition) is 4. The molecule has 1 unspecified atom stereocenters. The van der Waals surface area contributed by atoms with Gasteiger partial charge in [0.05, 0.1) is 7.11 Å². The van der Waals surface area contributed by atoms with Crippen LogP contribution in [0.1, 0.15) is 5.56 Å². The summed E-state index contributed by atoms with van der Waals surface area (Å²) >= 11 is 0. The van der Waals surface area contributed by atoms with Crippen molar-refractivity contribution in [2.75, 3.05) is 7.11 Å². The van der Waals surface area contributed by atoms with Crippen molar-refractivity contribution in [1.82, 2.24) is 0 Å². The van der Waals surface area contributed by atoms with Crippen molar-refractivity contribution in [1.29, 1.82) is 0 Å². The summed E-state index contributed by atoms with van der Waals surface area (Å²) in [5.74, 6) is -0.453. The van der Waals surface area contributed by atoms with Crippen LogP contribution in [0.2, 0.25) is 0 Å². The van der Waals surface area contributed by atoms with Gasteiger partial charge < -0.3 is 9.57 Å². The summed E-state index contributed by atoms with van der Waals surface area (Å²) in [6.45, 7) is 3.18. The van der Waals surface area contributed by atoms with Crippen LogP contribution in [0.4, 0.5) is 0 Å². The van der Waals surface area contributed by atoms with E-state index in [1.54, 1.807) is 0 Å². The van der Waals surface area contributed by atoms with E-state index in [1.165, 1.54) is 7.11 Å². The molecule has 0 saturated carbocycles. The number of benzene rings is 1. The standard InChI is InChI=1S/C11H13NO3/c1-12-15-10(11(13)14-2)8-9-6-4-3-5-7-9/h3-7,10H,1,8H2,2H3. The molecule has 4 nitrogen and oxygen atoms in total. The van der Waals surface area contributed by atoms with Crippen molar-refractivity contribution in [3.05, 3.63) is 35.9 Å². The summed E-state index contributed by atoms with van der Waals surface area (Å²) in [5, 5.41) is 3.25. The molecule has 15 heavy (non-hydrogen) atoms. The minimum absolute atomic E-state index is 0.423. The van der Waals surface area contributed by atoms with E-state index in [0.717, 1.165) is 5.56 Å². The lowest BCUT2D eigenvalue weighted by Crippen LogP contribution is -2.26. The van der Waals surface area contributed by atoms with Gasteiger partial charge in [-0.05, 0) is 5.56 Å². The fraction of sp³-hybridized carbons (Fsp3) is 0.273. The molecule has 0 aliphatic rings. The minimum Gasteiger partial charge on any atom is -0.466 e. The zero-order chi connectivity index (χ0) is 11.1. The average Bonchev–Trinajstić information content (AvgIpc) is 2.29. The largest absolute Gasteiger partial charge is 0.466 e. The Hall–Kier alpha value is -1.84. The third-order valence-electron chi connectivity index (χ3n) is 1.93. The molecule has 0 spiro atoms. The van der Waals surface area contributed by atoms with Crippen LogP contribution in [-0.2, 0) is 20.8 Å². The van der Waals surface area contributed by atoms with E-state index < -0.39 is 12.1 Å². The highest BCUT2D eigenvalue weighted by atomic mass is 16.7. The minimum atomic E-state index is -0.727. The number of nitrogens with zero attached hydrogens (tertiary/aromatic N) is 1. The first kappa shape index (κ1) is 11.2. The van der Waals surface area contributed by atoms with Gasteiger partial charge in [0.2, 0.25) is 6.10 Å². The Morgan fingerprint density at radius 1 is 1.47 bits per heavy atom. The van der Waals surface area contributed by atoms with E-state index in [0.29, 0.717) is 6.42 Å². The predicted molar refractivity (Wildman–Crippen MR) is 56.6 cm³/mol. The maximum atomic E-state index is 11.3. The van der Waals surface area contributed by atoms with Crippen LogP contribution < -0.4 is 0 Å². The molecule has 1 rings (SSSR count). The maximum Gasteiger partial charge on any atom is 0.350 e. The summed E-state index contributed by atoms with van der Waals surface area (Å²) in [6, 6.07) is 9.50. The van der Waals surface area contributed by atoms with Crippen LogP contribution in [0.3, 0.4) is 0 Å². The monoisotopic (exact) mass is 207 g/mol.